The lowest BCUT2D eigenvalue weighted by Gasteiger charge is -2.35. The number of carbonyl (C=O) groups is 1. The summed E-state index contributed by atoms with van der Waals surface area (Å²) in [6, 6.07) is 0. The van der Waals surface area contributed by atoms with Crippen LogP contribution in [0, 0.1) is 11.3 Å². The van der Waals surface area contributed by atoms with Gasteiger partial charge in [-0.15, -0.1) is 0 Å². The van der Waals surface area contributed by atoms with E-state index in [9.17, 15) is 4.79 Å². The van der Waals surface area contributed by atoms with Crippen molar-refractivity contribution < 1.29 is 4.79 Å². The molecule has 4 heteroatoms. The molecule has 2 rings (SSSR count). The summed E-state index contributed by atoms with van der Waals surface area (Å²) in [5.74, 6) is 0.700. The molecule has 0 aromatic heterocycles. The minimum Gasteiger partial charge on any atom is -0.340 e. The predicted octanol–water partition coefficient (Wildman–Crippen LogP) is 1.13. The number of rotatable bonds is 5. The van der Waals surface area contributed by atoms with Gasteiger partial charge in [0.15, 0.2) is 0 Å². The van der Waals surface area contributed by atoms with Crippen LogP contribution in [-0.4, -0.2) is 74.0 Å². The Balaban J connectivity index is 1.67. The molecule has 110 valence electrons. The monoisotopic (exact) mass is 267 g/mol. The molecule has 1 aliphatic heterocycles. The van der Waals surface area contributed by atoms with E-state index in [0.29, 0.717) is 11.8 Å². The van der Waals surface area contributed by atoms with E-state index in [1.165, 1.54) is 6.42 Å². The maximum absolute atomic E-state index is 12.3. The highest BCUT2D eigenvalue weighted by atomic mass is 16.2. The Morgan fingerprint density at radius 2 is 1.79 bits per heavy atom. The number of amides is 1. The van der Waals surface area contributed by atoms with Crippen LogP contribution in [0.4, 0.5) is 0 Å². The number of hydrogen-bond acceptors (Lipinski definition) is 3. The van der Waals surface area contributed by atoms with Gasteiger partial charge in [-0.05, 0) is 45.4 Å². The first-order chi connectivity index (χ1) is 8.90. The minimum atomic E-state index is 0.264. The van der Waals surface area contributed by atoms with E-state index < -0.39 is 0 Å². The fraction of sp³-hybridized carbons (Fsp3) is 0.933. The van der Waals surface area contributed by atoms with Crippen LogP contribution in [0.1, 0.15) is 26.7 Å². The average Bonchev–Trinajstić information content (AvgIpc) is 2.98. The highest BCUT2D eigenvalue weighted by Crippen LogP contribution is 2.52. The van der Waals surface area contributed by atoms with Crippen molar-refractivity contribution in [1.82, 2.24) is 14.7 Å². The van der Waals surface area contributed by atoms with Gasteiger partial charge in [-0.25, -0.2) is 0 Å². The van der Waals surface area contributed by atoms with E-state index in [-0.39, 0.29) is 5.41 Å². The molecule has 0 bridgehead atoms. The topological polar surface area (TPSA) is 26.8 Å². The molecule has 0 N–H and O–H groups in total. The lowest BCUT2D eigenvalue weighted by atomic mass is 10.1. The molecule has 0 aromatic rings. The largest absolute Gasteiger partial charge is 0.340 e. The molecule has 0 spiro atoms. The number of piperazine rings is 1. The van der Waals surface area contributed by atoms with Crippen molar-refractivity contribution in [2.45, 2.75) is 26.7 Å². The third kappa shape index (κ3) is 3.93. The molecule has 1 saturated heterocycles. The zero-order valence-corrected chi connectivity index (χ0v) is 13.0. The molecule has 0 radical (unpaired) electrons. The summed E-state index contributed by atoms with van der Waals surface area (Å²) in [6.45, 7) is 10.7. The average molecular weight is 267 g/mol. The van der Waals surface area contributed by atoms with Crippen LogP contribution >= 0.6 is 0 Å². The van der Waals surface area contributed by atoms with Crippen LogP contribution in [0.2, 0.25) is 0 Å². The summed E-state index contributed by atoms with van der Waals surface area (Å²) in [4.78, 5) is 19.1. The van der Waals surface area contributed by atoms with Crippen LogP contribution in [0.25, 0.3) is 0 Å². The molecule has 2 aliphatic rings. The quantitative estimate of drug-likeness (QED) is 0.747. The molecule has 1 amide bonds. The van der Waals surface area contributed by atoms with Gasteiger partial charge in [0.1, 0.15) is 0 Å². The molecule has 1 heterocycles. The lowest BCUT2D eigenvalue weighted by Crippen LogP contribution is -2.49. The van der Waals surface area contributed by atoms with Gasteiger partial charge in [0.25, 0.3) is 0 Å². The van der Waals surface area contributed by atoms with Crippen LogP contribution < -0.4 is 0 Å². The Morgan fingerprint density at radius 3 is 2.26 bits per heavy atom. The summed E-state index contributed by atoms with van der Waals surface area (Å²) >= 11 is 0. The molecular formula is C15H29N3O. The summed E-state index contributed by atoms with van der Waals surface area (Å²) in [6.07, 6.45) is 2.30. The van der Waals surface area contributed by atoms with E-state index in [1.54, 1.807) is 0 Å². The highest BCUT2D eigenvalue weighted by Gasteiger charge is 2.52. The van der Waals surface area contributed by atoms with Gasteiger partial charge in [0, 0.05) is 32.1 Å². The lowest BCUT2D eigenvalue weighted by molar-refractivity contribution is -0.135. The van der Waals surface area contributed by atoms with Gasteiger partial charge < -0.3 is 9.80 Å². The molecule has 1 atom stereocenters. The van der Waals surface area contributed by atoms with Crippen LogP contribution in [0.3, 0.4) is 0 Å². The normalized spacial score (nSPS) is 26.8. The predicted molar refractivity (Wildman–Crippen MR) is 78.1 cm³/mol. The van der Waals surface area contributed by atoms with Crippen molar-refractivity contribution in [3.63, 3.8) is 0 Å². The second kappa shape index (κ2) is 5.80. The van der Waals surface area contributed by atoms with Gasteiger partial charge in [-0.3, -0.25) is 9.69 Å². The smallest absolute Gasteiger partial charge is 0.226 e. The van der Waals surface area contributed by atoms with Gasteiger partial charge >= 0.3 is 0 Å². The second-order valence-electron chi connectivity index (χ2n) is 7.07. The van der Waals surface area contributed by atoms with Crippen molar-refractivity contribution in [3.8, 4) is 0 Å². The Kier molecular flexibility index (Phi) is 4.51. The Hall–Kier alpha value is -0.610. The maximum Gasteiger partial charge on any atom is 0.226 e. The van der Waals surface area contributed by atoms with Gasteiger partial charge in [-0.2, -0.15) is 0 Å². The van der Waals surface area contributed by atoms with Crippen molar-refractivity contribution in [2.24, 2.45) is 11.3 Å². The van der Waals surface area contributed by atoms with E-state index in [2.05, 4.69) is 42.6 Å². The molecule has 1 unspecified atom stereocenters. The van der Waals surface area contributed by atoms with E-state index in [0.717, 1.165) is 45.7 Å². The first kappa shape index (κ1) is 14.8. The summed E-state index contributed by atoms with van der Waals surface area (Å²) in [7, 11) is 4.24. The third-order valence-corrected chi connectivity index (χ3v) is 4.58. The van der Waals surface area contributed by atoms with Crippen molar-refractivity contribution in [2.75, 3.05) is 53.4 Å². The minimum absolute atomic E-state index is 0.264. The fourth-order valence-corrected chi connectivity index (χ4v) is 2.91. The number of nitrogens with zero attached hydrogens (tertiary/aromatic N) is 3. The molecule has 2 fully saturated rings. The highest BCUT2D eigenvalue weighted by molar-refractivity contribution is 5.82. The van der Waals surface area contributed by atoms with Gasteiger partial charge in [0.05, 0.1) is 0 Å². The standard InChI is InChI=1S/C15H29N3O/c1-15(2)12-13(15)14(19)18-10-8-17(9-11-18)7-5-6-16(3)4/h13H,5-12H2,1-4H3. The summed E-state index contributed by atoms with van der Waals surface area (Å²) in [5, 5.41) is 0. The van der Waals surface area contributed by atoms with Gasteiger partial charge in [-0.1, -0.05) is 13.8 Å². The van der Waals surface area contributed by atoms with E-state index in [4.69, 9.17) is 0 Å². The zero-order chi connectivity index (χ0) is 14.0. The Morgan fingerprint density at radius 1 is 1.21 bits per heavy atom. The molecule has 4 nitrogen and oxygen atoms in total. The molecule has 1 saturated carbocycles. The van der Waals surface area contributed by atoms with Crippen molar-refractivity contribution in [1.29, 1.82) is 0 Å². The van der Waals surface area contributed by atoms with Crippen molar-refractivity contribution >= 4 is 5.91 Å². The van der Waals surface area contributed by atoms with Gasteiger partial charge in [0.2, 0.25) is 5.91 Å². The number of carbonyl (C=O) groups excluding carboxylic acids is 1. The summed E-state index contributed by atoms with van der Waals surface area (Å²) in [5.41, 5.74) is 0.264. The molecule has 0 aromatic carbocycles. The van der Waals surface area contributed by atoms with Crippen molar-refractivity contribution in [3.05, 3.63) is 0 Å². The molecule has 19 heavy (non-hydrogen) atoms. The first-order valence-electron chi connectivity index (χ1n) is 7.56. The van der Waals surface area contributed by atoms with Crippen LogP contribution in [-0.2, 0) is 4.79 Å². The van der Waals surface area contributed by atoms with Crippen LogP contribution in [0.15, 0.2) is 0 Å². The fourth-order valence-electron chi connectivity index (χ4n) is 2.91. The maximum atomic E-state index is 12.3. The van der Waals surface area contributed by atoms with Crippen LogP contribution in [0.5, 0.6) is 0 Å². The molecule has 1 aliphatic carbocycles. The Bertz CT molecular complexity index is 319. The Labute approximate surface area is 117 Å². The third-order valence-electron chi connectivity index (χ3n) is 4.58. The summed E-state index contributed by atoms with van der Waals surface area (Å²) < 4.78 is 0. The SMILES string of the molecule is CN(C)CCCN1CCN(C(=O)C2CC2(C)C)CC1. The first-order valence-corrected chi connectivity index (χ1v) is 7.56. The van der Waals surface area contributed by atoms with E-state index in [1.807, 2.05) is 0 Å². The molecular weight excluding hydrogens is 238 g/mol. The second-order valence-corrected chi connectivity index (χ2v) is 7.07. The van der Waals surface area contributed by atoms with E-state index >= 15 is 0 Å². The number of hydrogen-bond donors (Lipinski definition) is 0. The zero-order valence-electron chi connectivity index (χ0n) is 13.0.